The molecule has 5 unspecified atom stereocenters. The van der Waals surface area contributed by atoms with Gasteiger partial charge in [0.05, 0.1) is 18.1 Å². The molecular formula is C36H59BN2NaO8Ru2. The van der Waals surface area contributed by atoms with Crippen LogP contribution in [0, 0.1) is 33.5 Å². The largest absolute Gasteiger partial charge is 1.00 e. The SMILES string of the molecule is C[C@@H](C(=O)/C=C/C(C)(C)C)C1OC(=O)[N-]C1(CC=O)C(C)(C)C.C[C@@H](C(O)/C=C/C(C)(C)C)C1OC(=O)[N-]C1(CC=O)C(C)(C)C.[B].[H-].[Na+].[Ru+].[Ru+]. The van der Waals surface area contributed by atoms with E-state index >= 15 is 0 Å². The van der Waals surface area contributed by atoms with E-state index in [0.717, 1.165) is 12.6 Å². The zero-order valence-electron chi connectivity index (χ0n) is 33.7. The van der Waals surface area contributed by atoms with Gasteiger partial charge in [0, 0.05) is 14.3 Å². The van der Waals surface area contributed by atoms with Crippen LogP contribution in [-0.4, -0.2) is 73.5 Å². The maximum Gasteiger partial charge on any atom is 1.00 e. The van der Waals surface area contributed by atoms with Crippen LogP contribution in [0.15, 0.2) is 24.3 Å². The number of hydrogen-bond acceptors (Lipinski definition) is 8. The van der Waals surface area contributed by atoms with Gasteiger partial charge in [0.25, 0.3) is 0 Å². The fraction of sp³-hybridized carbons (Fsp3) is 0.750. The van der Waals surface area contributed by atoms with Crippen LogP contribution in [0.3, 0.4) is 0 Å². The van der Waals surface area contributed by atoms with Gasteiger partial charge < -0.3 is 36.2 Å². The zero-order valence-corrected chi connectivity index (χ0v) is 38.2. The molecule has 0 saturated carbocycles. The molecule has 2 rings (SSSR count). The Labute approximate surface area is 352 Å². The van der Waals surface area contributed by atoms with Crippen LogP contribution < -0.4 is 29.6 Å². The maximum atomic E-state index is 12.5. The summed E-state index contributed by atoms with van der Waals surface area (Å²) in [6.07, 6.45) is 5.15. The number of aldehydes is 2. The molecule has 0 bridgehead atoms. The van der Waals surface area contributed by atoms with Crippen molar-refractivity contribution in [2.75, 3.05) is 0 Å². The number of allylic oxidation sites excluding steroid dienone is 3. The zero-order chi connectivity index (χ0) is 36.1. The first-order valence-corrected chi connectivity index (χ1v) is 16.0. The van der Waals surface area contributed by atoms with Gasteiger partial charge in [-0.15, -0.1) is 0 Å². The van der Waals surface area contributed by atoms with E-state index in [1.54, 1.807) is 13.0 Å². The van der Waals surface area contributed by atoms with Crippen LogP contribution in [0.4, 0.5) is 9.59 Å². The van der Waals surface area contributed by atoms with E-state index < -0.39 is 58.3 Å². The summed E-state index contributed by atoms with van der Waals surface area (Å²) in [6.45, 7) is 27.1. The van der Waals surface area contributed by atoms with E-state index in [2.05, 4.69) is 10.6 Å². The van der Waals surface area contributed by atoms with Crippen LogP contribution in [0.5, 0.6) is 0 Å². The maximum absolute atomic E-state index is 12.5. The third-order valence-corrected chi connectivity index (χ3v) is 8.83. The molecule has 7 atom stereocenters. The monoisotopic (exact) mass is 885 g/mol. The molecular weight excluding hydrogens is 824 g/mol. The summed E-state index contributed by atoms with van der Waals surface area (Å²) >= 11 is 0. The van der Waals surface area contributed by atoms with Crippen LogP contribution >= 0.6 is 0 Å². The molecule has 14 heteroatoms. The topological polar surface area (TPSA) is 152 Å². The molecule has 0 aromatic rings. The number of ether oxygens (including phenoxy) is 2. The minimum atomic E-state index is -1.02. The minimum Gasteiger partial charge on any atom is -1.00 e. The van der Waals surface area contributed by atoms with E-state index in [-0.39, 0.29) is 114 Å². The van der Waals surface area contributed by atoms with Gasteiger partial charge in [0.1, 0.15) is 18.7 Å². The molecule has 0 aromatic carbocycles. The number of cyclic esters (lactones) is 2. The summed E-state index contributed by atoms with van der Waals surface area (Å²) in [5.74, 6) is -1.07. The van der Waals surface area contributed by atoms with Crippen LogP contribution in [0.2, 0.25) is 0 Å². The molecule has 2 saturated heterocycles. The number of aliphatic hydroxyl groups is 1. The first-order chi connectivity index (χ1) is 20.7. The van der Waals surface area contributed by atoms with Crippen molar-refractivity contribution in [2.24, 2.45) is 33.5 Å². The third-order valence-electron chi connectivity index (χ3n) is 8.83. The summed E-state index contributed by atoms with van der Waals surface area (Å²) in [6, 6.07) is 0. The number of amides is 2. The Balaban J connectivity index is -0.000000252. The Morgan fingerprint density at radius 2 is 1.14 bits per heavy atom. The number of carbonyl (C=O) groups is 5. The van der Waals surface area contributed by atoms with E-state index in [4.69, 9.17) is 9.47 Å². The Bertz CT molecular complexity index is 1200. The number of carbonyl (C=O) groups excluding carboxylic acids is 5. The number of rotatable bonds is 10. The second-order valence-corrected chi connectivity index (χ2v) is 16.9. The van der Waals surface area contributed by atoms with Crippen molar-refractivity contribution in [1.29, 1.82) is 0 Å². The molecule has 2 amide bonds. The smallest absolute Gasteiger partial charge is 1.00 e. The van der Waals surface area contributed by atoms with Crippen molar-refractivity contribution < 1.29 is 108 Å². The summed E-state index contributed by atoms with van der Waals surface area (Å²) < 4.78 is 10.8. The normalized spacial score (nSPS) is 25.3. The van der Waals surface area contributed by atoms with Crippen molar-refractivity contribution in [1.82, 2.24) is 0 Å². The molecule has 2 aliphatic rings. The summed E-state index contributed by atoms with van der Waals surface area (Å²) in [7, 11) is 0. The molecule has 2 heterocycles. The molecule has 0 spiro atoms. The average molecular weight is 884 g/mol. The van der Waals surface area contributed by atoms with Crippen LogP contribution in [0.25, 0.3) is 10.6 Å². The van der Waals surface area contributed by atoms with Crippen molar-refractivity contribution in [3.05, 3.63) is 34.9 Å². The summed E-state index contributed by atoms with van der Waals surface area (Å²) in [5, 5.41) is 18.7. The summed E-state index contributed by atoms with van der Waals surface area (Å²) in [5.41, 5.74) is -3.09. The molecule has 10 nitrogen and oxygen atoms in total. The number of nitrogens with zero attached hydrogens (tertiary/aromatic N) is 2. The average Bonchev–Trinajstić information content (AvgIpc) is 3.42. The van der Waals surface area contributed by atoms with Crippen LogP contribution in [-0.2, 0) is 62.8 Å². The second-order valence-electron chi connectivity index (χ2n) is 16.9. The molecule has 2 fully saturated rings. The first kappa shape index (κ1) is 56.0. The predicted molar refractivity (Wildman–Crippen MR) is 186 cm³/mol. The van der Waals surface area contributed by atoms with Crippen molar-refractivity contribution >= 4 is 39.0 Å². The van der Waals surface area contributed by atoms with Gasteiger partial charge in [-0.05, 0) is 40.6 Å². The molecule has 0 aliphatic carbocycles. The number of hydrogen-bond donors (Lipinski definition) is 1. The van der Waals surface area contributed by atoms with Crippen molar-refractivity contribution in [3.63, 3.8) is 0 Å². The van der Waals surface area contributed by atoms with Gasteiger partial charge in [-0.25, -0.2) is 0 Å². The van der Waals surface area contributed by atoms with Gasteiger partial charge >= 0.3 is 68.5 Å². The number of aliphatic hydroxyl groups excluding tert-OH is 1. The fourth-order valence-electron chi connectivity index (χ4n) is 5.73. The van der Waals surface area contributed by atoms with Crippen LogP contribution in [0.1, 0.15) is 111 Å². The molecule has 2 aliphatic heterocycles. The molecule has 1 N–H and O–H groups in total. The van der Waals surface area contributed by atoms with Crippen molar-refractivity contribution in [2.45, 2.75) is 139 Å². The molecule has 50 heavy (non-hydrogen) atoms. The fourth-order valence-corrected chi connectivity index (χ4v) is 5.73. The van der Waals surface area contributed by atoms with Gasteiger partial charge in [-0.3, -0.25) is 14.4 Å². The van der Waals surface area contributed by atoms with Crippen molar-refractivity contribution in [3.8, 4) is 0 Å². The van der Waals surface area contributed by atoms with Gasteiger partial charge in [-0.2, -0.15) is 0 Å². The standard InChI is InChI=1S/C18H31NO4.C18H29NO4.B.Na.2Ru.H/c2*1-12(13(21)8-9-16(2,3)4)14-18(10-11-20,17(5,6)7)19-15(22)23-14;;;;;/h8-9,11-14,21H,10H2,1-7H3,(H,19,22);8-9,11-12,14H,10H2,1-7H3,(H,19,22);;;;;/q;;;3*+1;-1/p-2/b2*9-8+;;;;;/t12-,13?,14?,18?;12-,14?,18?;;;;;/m00...../s1. The van der Waals surface area contributed by atoms with E-state index in [9.17, 15) is 29.1 Å². The Morgan fingerprint density at radius 3 is 1.48 bits per heavy atom. The molecule has 281 valence electrons. The molecule has 0 aromatic heterocycles. The Kier molecular flexibility index (Phi) is 23.8. The van der Waals surface area contributed by atoms with Gasteiger partial charge in [-0.1, -0.05) is 126 Å². The van der Waals surface area contributed by atoms with E-state index in [1.165, 1.54) is 6.08 Å². The van der Waals surface area contributed by atoms with Gasteiger partial charge in [0.2, 0.25) is 12.2 Å². The quantitative estimate of drug-likeness (QED) is 0.144. The second kappa shape index (κ2) is 21.3. The first-order valence-electron chi connectivity index (χ1n) is 16.0. The Morgan fingerprint density at radius 1 is 0.780 bits per heavy atom. The third kappa shape index (κ3) is 14.6. The predicted octanol–water partition coefficient (Wildman–Crippen LogP) is 4.64. The summed E-state index contributed by atoms with van der Waals surface area (Å²) in [4.78, 5) is 58.5. The van der Waals surface area contributed by atoms with Gasteiger partial charge in [0.15, 0.2) is 5.78 Å². The number of ketones is 1. The Hall–Kier alpha value is -0.698. The van der Waals surface area contributed by atoms with E-state index in [0.29, 0.717) is 0 Å². The van der Waals surface area contributed by atoms with E-state index in [1.807, 2.05) is 102 Å². The molecule has 5 radical (unpaired) electrons. The minimum absolute atomic E-state index is 0.